The Balaban J connectivity index is 1.86. The second-order valence-corrected chi connectivity index (χ2v) is 9.05. The molecule has 0 radical (unpaired) electrons. The summed E-state index contributed by atoms with van der Waals surface area (Å²) in [5.41, 5.74) is 0.855. The van der Waals surface area contributed by atoms with Gasteiger partial charge < -0.3 is 14.2 Å². The van der Waals surface area contributed by atoms with Crippen molar-refractivity contribution in [2.24, 2.45) is 0 Å². The minimum absolute atomic E-state index is 0.0672. The van der Waals surface area contributed by atoms with E-state index in [0.29, 0.717) is 37.6 Å². The summed E-state index contributed by atoms with van der Waals surface area (Å²) in [7, 11) is 0. The van der Waals surface area contributed by atoms with Gasteiger partial charge in [0.25, 0.3) is 0 Å². The van der Waals surface area contributed by atoms with Gasteiger partial charge in [-0.1, -0.05) is 18.2 Å². The monoisotopic (exact) mass is 422 g/mol. The first kappa shape index (κ1) is 21.6. The molecule has 29 heavy (non-hydrogen) atoms. The van der Waals surface area contributed by atoms with Crippen LogP contribution in [0.3, 0.4) is 0 Å². The third kappa shape index (κ3) is 5.09. The van der Waals surface area contributed by atoms with E-state index in [-0.39, 0.29) is 29.6 Å². The van der Waals surface area contributed by atoms with Crippen LogP contribution >= 0.6 is 0 Å². The molecule has 1 aliphatic heterocycles. The maximum Gasteiger partial charge on any atom is 0.316 e. The van der Waals surface area contributed by atoms with Crippen molar-refractivity contribution in [2.75, 3.05) is 44.4 Å². The number of ether oxygens (including phenoxy) is 1. The Kier molecular flexibility index (Phi) is 7.51. The van der Waals surface area contributed by atoms with Crippen LogP contribution in [-0.4, -0.2) is 63.3 Å². The Bertz CT molecular complexity index is 841. The van der Waals surface area contributed by atoms with E-state index in [1.54, 1.807) is 18.3 Å². The van der Waals surface area contributed by atoms with Gasteiger partial charge in [0.15, 0.2) is 0 Å². The third-order valence-corrected chi connectivity index (χ3v) is 6.36. The Morgan fingerprint density at radius 2 is 1.90 bits per heavy atom. The average molecular weight is 423 g/mol. The van der Waals surface area contributed by atoms with Crippen LogP contribution < -0.4 is 15.2 Å². The summed E-state index contributed by atoms with van der Waals surface area (Å²) in [6.07, 6.45) is 1.84. The minimum Gasteiger partial charge on any atom is -0.598 e. The van der Waals surface area contributed by atoms with Crippen LogP contribution in [0.2, 0.25) is 0 Å². The summed E-state index contributed by atoms with van der Waals surface area (Å²) in [4.78, 5) is 15.1. The van der Waals surface area contributed by atoms with Crippen molar-refractivity contribution in [2.45, 2.75) is 25.5 Å². The van der Waals surface area contributed by atoms with E-state index >= 15 is 0 Å². The molecule has 1 saturated heterocycles. The second-order valence-electron chi connectivity index (χ2n) is 7.04. The molecule has 1 aromatic heterocycles. The van der Waals surface area contributed by atoms with Crippen LogP contribution in [0.15, 0.2) is 41.3 Å². The molecule has 7 nitrogen and oxygen atoms in total. The molecule has 2 heterocycles. The van der Waals surface area contributed by atoms with E-state index in [1.165, 1.54) is 4.68 Å². The molecule has 1 aliphatic rings. The molecule has 0 N–H and O–H groups in total. The van der Waals surface area contributed by atoms with E-state index in [9.17, 15) is 13.7 Å². The lowest BCUT2D eigenvalue weighted by Gasteiger charge is -2.36. The summed E-state index contributed by atoms with van der Waals surface area (Å²) in [6.45, 7) is 5.94. The highest BCUT2D eigenvalue weighted by Gasteiger charge is 2.30. The third-order valence-electron chi connectivity index (χ3n) is 4.68. The fourth-order valence-corrected chi connectivity index (χ4v) is 4.30. The standard InChI is InChI=1S/C20H27FN4O3S/c1-16(2)29(27)24-12-10-23(11-13-24)18-15-22-25(17-7-4-3-5-8-17)20(26)19(18)28-14-6-9-21/h3-5,7-8,15-16H,6,9-14H2,1-2H3. The number of para-hydroxylation sites is 1. The predicted octanol–water partition coefficient (Wildman–Crippen LogP) is 2.17. The van der Waals surface area contributed by atoms with Gasteiger partial charge in [-0.15, -0.1) is 4.31 Å². The smallest absolute Gasteiger partial charge is 0.316 e. The van der Waals surface area contributed by atoms with Gasteiger partial charge >= 0.3 is 5.56 Å². The van der Waals surface area contributed by atoms with Crippen LogP contribution in [0.1, 0.15) is 20.3 Å². The SMILES string of the molecule is CC(C)[S+]([O-])N1CCN(c2cnn(-c3ccccc3)c(=O)c2OCCCF)CC1. The molecule has 3 rings (SSSR count). The quantitative estimate of drug-likeness (QED) is 0.480. The van der Waals surface area contributed by atoms with Gasteiger partial charge in [-0.05, 0) is 26.0 Å². The van der Waals surface area contributed by atoms with E-state index in [4.69, 9.17) is 4.74 Å². The van der Waals surface area contributed by atoms with Crippen LogP contribution in [0.5, 0.6) is 5.75 Å². The second kappa shape index (κ2) is 10.1. The lowest BCUT2D eigenvalue weighted by Crippen LogP contribution is -2.50. The number of aromatic nitrogens is 2. The Hall–Kier alpha value is -2.10. The summed E-state index contributed by atoms with van der Waals surface area (Å²) in [5.74, 6) is 0.177. The van der Waals surface area contributed by atoms with Crippen LogP contribution in [0.4, 0.5) is 10.1 Å². The van der Waals surface area contributed by atoms with E-state index in [0.717, 1.165) is 0 Å². The maximum absolute atomic E-state index is 13.1. The van der Waals surface area contributed by atoms with E-state index < -0.39 is 18.0 Å². The largest absolute Gasteiger partial charge is 0.598 e. The van der Waals surface area contributed by atoms with Gasteiger partial charge in [0.2, 0.25) is 5.75 Å². The molecule has 2 aromatic rings. The summed E-state index contributed by atoms with van der Waals surface area (Å²) < 4.78 is 33.8. The number of halogens is 1. The number of benzene rings is 1. The lowest BCUT2D eigenvalue weighted by molar-refractivity contribution is 0.283. The van der Waals surface area contributed by atoms with E-state index in [1.807, 2.05) is 41.3 Å². The van der Waals surface area contributed by atoms with Crippen molar-refractivity contribution < 1.29 is 13.7 Å². The fraction of sp³-hybridized carbons (Fsp3) is 0.500. The topological polar surface area (TPSA) is 73.7 Å². The molecule has 1 atom stereocenters. The number of hydrogen-bond donors (Lipinski definition) is 0. The highest BCUT2D eigenvalue weighted by atomic mass is 32.2. The highest BCUT2D eigenvalue weighted by Crippen LogP contribution is 2.26. The van der Waals surface area contributed by atoms with Crippen molar-refractivity contribution in [1.29, 1.82) is 0 Å². The molecular formula is C20H27FN4O3S. The van der Waals surface area contributed by atoms with Gasteiger partial charge in [-0.2, -0.15) is 9.78 Å². The molecule has 9 heteroatoms. The molecular weight excluding hydrogens is 395 g/mol. The van der Waals surface area contributed by atoms with Crippen molar-refractivity contribution in [3.63, 3.8) is 0 Å². The number of hydrogen-bond acceptors (Lipinski definition) is 6. The van der Waals surface area contributed by atoms with Crippen molar-refractivity contribution in [1.82, 2.24) is 14.1 Å². The van der Waals surface area contributed by atoms with Crippen LogP contribution in [0.25, 0.3) is 5.69 Å². The number of anilines is 1. The van der Waals surface area contributed by atoms with Crippen LogP contribution in [0, 0.1) is 0 Å². The summed E-state index contributed by atoms with van der Waals surface area (Å²) >= 11 is -1.02. The molecule has 0 bridgehead atoms. The van der Waals surface area contributed by atoms with Gasteiger partial charge in [0.05, 0.1) is 38.3 Å². The zero-order chi connectivity index (χ0) is 20.8. The minimum atomic E-state index is -1.02. The lowest BCUT2D eigenvalue weighted by atomic mass is 10.3. The van der Waals surface area contributed by atoms with Crippen molar-refractivity contribution in [3.8, 4) is 11.4 Å². The number of nitrogens with zero attached hydrogens (tertiary/aromatic N) is 4. The Morgan fingerprint density at radius 1 is 1.21 bits per heavy atom. The molecule has 1 fully saturated rings. The molecule has 0 saturated carbocycles. The van der Waals surface area contributed by atoms with E-state index in [2.05, 4.69) is 5.10 Å². The van der Waals surface area contributed by atoms with Gasteiger partial charge in [0.1, 0.15) is 10.9 Å². The fourth-order valence-electron chi connectivity index (χ4n) is 3.18. The number of alkyl halides is 1. The number of piperazine rings is 1. The normalized spacial score (nSPS) is 16.2. The zero-order valence-corrected chi connectivity index (χ0v) is 17.6. The number of rotatable bonds is 8. The maximum atomic E-state index is 13.1. The first-order chi connectivity index (χ1) is 14.0. The Morgan fingerprint density at radius 3 is 2.52 bits per heavy atom. The molecule has 1 unspecified atom stereocenters. The van der Waals surface area contributed by atoms with Gasteiger partial charge in [0, 0.05) is 30.9 Å². The Labute approximate surface area is 173 Å². The predicted molar refractivity (Wildman–Crippen MR) is 113 cm³/mol. The first-order valence-electron chi connectivity index (χ1n) is 9.80. The van der Waals surface area contributed by atoms with Gasteiger partial charge in [-0.3, -0.25) is 9.18 Å². The highest BCUT2D eigenvalue weighted by molar-refractivity contribution is 7.89. The zero-order valence-electron chi connectivity index (χ0n) is 16.8. The summed E-state index contributed by atoms with van der Waals surface area (Å²) in [6, 6.07) is 9.10. The molecule has 0 amide bonds. The van der Waals surface area contributed by atoms with Crippen molar-refractivity contribution in [3.05, 3.63) is 46.9 Å². The van der Waals surface area contributed by atoms with Gasteiger partial charge in [-0.25, -0.2) is 0 Å². The molecule has 1 aromatic carbocycles. The molecule has 0 aliphatic carbocycles. The molecule has 0 spiro atoms. The first-order valence-corrected chi connectivity index (χ1v) is 11.0. The van der Waals surface area contributed by atoms with Crippen LogP contribution in [-0.2, 0) is 11.4 Å². The average Bonchev–Trinajstić information content (AvgIpc) is 2.75. The summed E-state index contributed by atoms with van der Waals surface area (Å²) in [5, 5.41) is 4.40. The molecule has 158 valence electrons. The van der Waals surface area contributed by atoms with Crippen molar-refractivity contribution >= 4 is 17.0 Å².